The molecule has 0 aliphatic rings. The smallest absolute Gasteiger partial charge is 0.389 e. The Morgan fingerprint density at radius 2 is 1.85 bits per heavy atom. The summed E-state index contributed by atoms with van der Waals surface area (Å²) in [5.74, 6) is -0.657. The van der Waals surface area contributed by atoms with Crippen molar-refractivity contribution < 1.29 is 26.8 Å². The number of hydrogen-bond donors (Lipinski definition) is 0. The Morgan fingerprint density at radius 1 is 1.35 bits per heavy atom. The predicted octanol–water partition coefficient (Wildman–Crippen LogP) is 3.56. The fraction of sp³-hybridized carbons (Fsp3) is 0.750. The van der Waals surface area contributed by atoms with Crippen molar-refractivity contribution in [3.8, 4) is 0 Å². The first-order valence-corrected chi connectivity index (χ1v) is 12.1. The third-order valence-corrected chi connectivity index (χ3v) is 8.21. The third-order valence-electron chi connectivity index (χ3n) is 2.38. The zero-order valence-electron chi connectivity index (χ0n) is 12.6. The summed E-state index contributed by atoms with van der Waals surface area (Å²) in [6.45, 7) is 12.5. The van der Waals surface area contributed by atoms with Gasteiger partial charge in [0.05, 0.1) is 0 Å². The second kappa shape index (κ2) is 7.42. The minimum Gasteiger partial charge on any atom is -0.460 e. The highest BCUT2D eigenvalue weighted by Crippen LogP contribution is 2.25. The van der Waals surface area contributed by atoms with E-state index in [2.05, 4.69) is 6.58 Å². The Bertz CT molecular complexity index is 351. The van der Waals surface area contributed by atoms with E-state index >= 15 is 0 Å². The summed E-state index contributed by atoms with van der Waals surface area (Å²) in [6, 6.07) is 0. The van der Waals surface area contributed by atoms with Crippen LogP contribution >= 0.6 is 0 Å². The molecule has 3 nitrogen and oxygen atoms in total. The van der Waals surface area contributed by atoms with Crippen LogP contribution in [-0.2, 0) is 13.6 Å². The average Bonchev–Trinajstić information content (AvgIpc) is 2.19. The van der Waals surface area contributed by atoms with Gasteiger partial charge in [-0.2, -0.15) is 13.2 Å². The van der Waals surface area contributed by atoms with Crippen LogP contribution in [-0.4, -0.2) is 35.2 Å². The Morgan fingerprint density at radius 3 is 2.20 bits per heavy atom. The molecule has 0 aromatic carbocycles. The van der Waals surface area contributed by atoms with Crippen LogP contribution in [0.15, 0.2) is 12.2 Å². The minimum atomic E-state index is -4.26. The lowest BCUT2D eigenvalue weighted by Gasteiger charge is -2.29. The van der Waals surface area contributed by atoms with E-state index in [9.17, 15) is 18.0 Å². The van der Waals surface area contributed by atoms with E-state index in [0.717, 1.165) is 0 Å². The number of hydrogen-bond acceptors (Lipinski definition) is 3. The van der Waals surface area contributed by atoms with Crippen molar-refractivity contribution in [1.29, 1.82) is 0 Å². The van der Waals surface area contributed by atoms with E-state index in [0.29, 0.717) is 0 Å². The maximum atomic E-state index is 12.3. The summed E-state index contributed by atoms with van der Waals surface area (Å²) >= 11 is 0. The van der Waals surface area contributed by atoms with Gasteiger partial charge in [-0.05, 0) is 39.5 Å². The molecule has 20 heavy (non-hydrogen) atoms. The summed E-state index contributed by atoms with van der Waals surface area (Å²) < 4.78 is 48.0. The largest absolute Gasteiger partial charge is 0.460 e. The van der Waals surface area contributed by atoms with E-state index in [1.165, 1.54) is 6.92 Å². The van der Waals surface area contributed by atoms with Crippen molar-refractivity contribution in [1.82, 2.24) is 0 Å². The highest BCUT2D eigenvalue weighted by atomic mass is 28.4. The van der Waals surface area contributed by atoms with E-state index < -0.39 is 41.7 Å². The Labute approximate surface area is 121 Å². The first-order valence-electron chi connectivity index (χ1n) is 6.43. The molecule has 2 unspecified atom stereocenters. The lowest BCUT2D eigenvalue weighted by molar-refractivity contribution is -0.150. The van der Waals surface area contributed by atoms with E-state index in [4.69, 9.17) is 8.85 Å². The summed E-state index contributed by atoms with van der Waals surface area (Å²) in [7, 11) is -3.92. The standard InChI is InChI=1S/C12H23F3O3Si2/c1-9(2)11(16)17-10(7-8-12(13,14)15)19(3)18-20(4,5)6/h10,19H,1,7-8H2,2-6H3. The number of carbonyl (C=O) groups excluding carboxylic acids is 1. The number of alkyl halides is 3. The van der Waals surface area contributed by atoms with Crippen molar-refractivity contribution in [2.75, 3.05) is 0 Å². The van der Waals surface area contributed by atoms with Crippen molar-refractivity contribution in [2.45, 2.75) is 57.9 Å². The molecule has 0 spiro atoms. The minimum absolute atomic E-state index is 0.177. The molecule has 0 radical (unpaired) electrons. The zero-order chi connectivity index (χ0) is 16.1. The molecule has 0 aromatic heterocycles. The Kier molecular flexibility index (Phi) is 7.19. The molecule has 0 amide bonds. The number of rotatable bonds is 7. The van der Waals surface area contributed by atoms with Crippen molar-refractivity contribution in [2.24, 2.45) is 0 Å². The Balaban J connectivity index is 4.77. The van der Waals surface area contributed by atoms with Crippen LogP contribution in [0.1, 0.15) is 19.8 Å². The second-order valence-electron chi connectivity index (χ2n) is 5.81. The highest BCUT2D eigenvalue weighted by molar-refractivity contribution is 6.77. The molecule has 0 saturated heterocycles. The maximum Gasteiger partial charge on any atom is 0.389 e. The number of ether oxygens (including phenoxy) is 1. The SMILES string of the molecule is C=C(C)C(=O)OC(CCC(F)(F)F)[SiH](C)O[Si](C)(C)C. The van der Waals surface area contributed by atoms with Gasteiger partial charge in [-0.1, -0.05) is 6.58 Å². The van der Waals surface area contributed by atoms with Gasteiger partial charge in [-0.3, -0.25) is 0 Å². The van der Waals surface area contributed by atoms with Gasteiger partial charge in [-0.15, -0.1) is 0 Å². The zero-order valence-corrected chi connectivity index (χ0v) is 14.8. The molecule has 8 heteroatoms. The number of carbonyl (C=O) groups is 1. The molecule has 0 aromatic rings. The fourth-order valence-electron chi connectivity index (χ4n) is 1.57. The van der Waals surface area contributed by atoms with Gasteiger partial charge in [0.1, 0.15) is 5.73 Å². The molecule has 0 bridgehead atoms. The molecule has 0 fully saturated rings. The van der Waals surface area contributed by atoms with Crippen LogP contribution in [0.4, 0.5) is 13.2 Å². The van der Waals surface area contributed by atoms with Gasteiger partial charge in [0.2, 0.25) is 9.04 Å². The fourth-order valence-corrected chi connectivity index (χ4v) is 7.59. The molecule has 0 saturated carbocycles. The predicted molar refractivity (Wildman–Crippen MR) is 77.4 cm³/mol. The van der Waals surface area contributed by atoms with Crippen molar-refractivity contribution >= 4 is 23.3 Å². The quantitative estimate of drug-likeness (QED) is 0.407. The van der Waals surface area contributed by atoms with Gasteiger partial charge >= 0.3 is 12.1 Å². The first kappa shape index (κ1) is 19.4. The van der Waals surface area contributed by atoms with E-state index in [-0.39, 0.29) is 12.0 Å². The van der Waals surface area contributed by atoms with Crippen LogP contribution in [0, 0.1) is 0 Å². The van der Waals surface area contributed by atoms with Crippen LogP contribution in [0.5, 0.6) is 0 Å². The average molecular weight is 328 g/mol. The van der Waals surface area contributed by atoms with Crippen LogP contribution < -0.4 is 0 Å². The normalized spacial score (nSPS) is 15.6. The molecule has 0 rings (SSSR count). The molecule has 0 N–H and O–H groups in total. The van der Waals surface area contributed by atoms with E-state index in [1.807, 2.05) is 19.6 Å². The lowest BCUT2D eigenvalue weighted by atomic mass is 10.3. The molecule has 118 valence electrons. The summed E-state index contributed by atoms with van der Waals surface area (Å²) in [5, 5.41) is 0. The van der Waals surface area contributed by atoms with E-state index in [1.54, 1.807) is 6.55 Å². The van der Waals surface area contributed by atoms with Crippen LogP contribution in [0.2, 0.25) is 26.2 Å². The van der Waals surface area contributed by atoms with Gasteiger partial charge in [-0.25, -0.2) is 4.79 Å². The number of esters is 1. The van der Waals surface area contributed by atoms with Crippen LogP contribution in [0.25, 0.3) is 0 Å². The van der Waals surface area contributed by atoms with Crippen LogP contribution in [0.3, 0.4) is 0 Å². The van der Waals surface area contributed by atoms with Gasteiger partial charge < -0.3 is 8.85 Å². The maximum absolute atomic E-state index is 12.3. The third kappa shape index (κ3) is 9.32. The second-order valence-corrected chi connectivity index (χ2v) is 13.1. The number of halogens is 3. The lowest BCUT2D eigenvalue weighted by Crippen LogP contribution is -2.43. The van der Waals surface area contributed by atoms with Crippen molar-refractivity contribution in [3.63, 3.8) is 0 Å². The topological polar surface area (TPSA) is 35.5 Å². The van der Waals surface area contributed by atoms with Gasteiger partial charge in [0.15, 0.2) is 8.32 Å². The Hall–Kier alpha value is -0.606. The molecule has 0 aliphatic carbocycles. The molecular weight excluding hydrogens is 305 g/mol. The summed E-state index contributed by atoms with van der Waals surface area (Å²) in [4.78, 5) is 11.5. The van der Waals surface area contributed by atoms with Crippen molar-refractivity contribution in [3.05, 3.63) is 12.2 Å². The first-order chi connectivity index (χ1) is 8.82. The monoisotopic (exact) mass is 328 g/mol. The molecular formula is C12H23F3O3Si2. The highest BCUT2D eigenvalue weighted by Gasteiger charge is 2.34. The summed E-state index contributed by atoms with van der Waals surface area (Å²) in [5.41, 5.74) is -0.608. The summed E-state index contributed by atoms with van der Waals surface area (Å²) in [6.07, 6.45) is -5.49. The van der Waals surface area contributed by atoms with Gasteiger partial charge in [0, 0.05) is 12.0 Å². The molecule has 0 heterocycles. The molecule has 0 aliphatic heterocycles. The van der Waals surface area contributed by atoms with Gasteiger partial charge in [0.25, 0.3) is 0 Å². The molecule has 2 atom stereocenters.